The van der Waals surface area contributed by atoms with Gasteiger partial charge in [0.05, 0.1) is 13.7 Å². The number of benzene rings is 2. The number of methoxy groups -OCH3 is 1. The molecule has 0 aliphatic carbocycles. The van der Waals surface area contributed by atoms with Gasteiger partial charge in [-0.25, -0.2) is 4.79 Å². The summed E-state index contributed by atoms with van der Waals surface area (Å²) in [6.07, 6.45) is -1.85. The van der Waals surface area contributed by atoms with Crippen molar-refractivity contribution in [2.75, 3.05) is 13.7 Å². The molecule has 0 radical (unpaired) electrons. The summed E-state index contributed by atoms with van der Waals surface area (Å²) in [4.78, 5) is 13.0. The van der Waals surface area contributed by atoms with Gasteiger partial charge in [-0.2, -0.15) is 0 Å². The first-order valence-electron chi connectivity index (χ1n) is 10.8. The molecule has 32 heavy (non-hydrogen) atoms. The minimum Gasteiger partial charge on any atom is -0.485 e. The lowest BCUT2D eigenvalue weighted by atomic mass is 9.97. The molecule has 0 amide bonds. The molecule has 5 rings (SSSR count). The van der Waals surface area contributed by atoms with Crippen LogP contribution in [0.3, 0.4) is 0 Å². The van der Waals surface area contributed by atoms with Crippen LogP contribution in [0.1, 0.15) is 33.3 Å². The van der Waals surface area contributed by atoms with Crippen molar-refractivity contribution in [2.45, 2.75) is 63.7 Å². The van der Waals surface area contributed by atoms with E-state index in [1.165, 1.54) is 7.11 Å². The van der Waals surface area contributed by atoms with Crippen molar-refractivity contribution in [3.63, 3.8) is 0 Å². The minimum atomic E-state index is -0.831. The Morgan fingerprint density at radius 2 is 1.69 bits per heavy atom. The fourth-order valence-electron chi connectivity index (χ4n) is 4.69. The van der Waals surface area contributed by atoms with E-state index in [0.29, 0.717) is 23.5 Å². The number of hydrogen-bond donors (Lipinski definition) is 0. The Morgan fingerprint density at radius 3 is 2.38 bits per heavy atom. The summed E-state index contributed by atoms with van der Waals surface area (Å²) in [5.41, 5.74) is 1.03. The van der Waals surface area contributed by atoms with Crippen LogP contribution in [0, 0.1) is 0 Å². The molecule has 7 nitrogen and oxygen atoms in total. The van der Waals surface area contributed by atoms with Gasteiger partial charge in [-0.15, -0.1) is 0 Å². The van der Waals surface area contributed by atoms with Crippen LogP contribution in [0.15, 0.2) is 48.2 Å². The highest BCUT2D eigenvalue weighted by Gasteiger charge is 2.59. The number of esters is 1. The molecular weight excluding hydrogens is 412 g/mol. The standard InChI is InChI=1S/C25H28O7/c1-24(2)28-13-17(30-24)19-21-22(32-25(3,4)31-21)20(29-19)18(23(26)27-5)16-11-10-14-8-6-7-9-15(14)12-16/h6-12,17,19,21-22H,13H2,1-5H3/b20-18+/t17-,19+,21-,22+/m1/s1. The normalized spacial score (nSPS) is 31.9. The van der Waals surface area contributed by atoms with Crippen molar-refractivity contribution in [3.8, 4) is 0 Å². The molecule has 3 aliphatic rings. The first-order valence-corrected chi connectivity index (χ1v) is 10.8. The lowest BCUT2D eigenvalue weighted by Gasteiger charge is -2.26. The molecule has 0 spiro atoms. The highest BCUT2D eigenvalue weighted by atomic mass is 16.8. The average molecular weight is 440 g/mol. The first kappa shape index (κ1) is 21.4. The van der Waals surface area contributed by atoms with E-state index < -0.39 is 35.9 Å². The molecule has 0 saturated carbocycles. The summed E-state index contributed by atoms with van der Waals surface area (Å²) in [6, 6.07) is 13.8. The van der Waals surface area contributed by atoms with Gasteiger partial charge in [-0.3, -0.25) is 0 Å². The van der Waals surface area contributed by atoms with Crippen LogP contribution in [0.4, 0.5) is 0 Å². The van der Waals surface area contributed by atoms with Gasteiger partial charge >= 0.3 is 5.97 Å². The van der Waals surface area contributed by atoms with E-state index in [4.69, 9.17) is 28.4 Å². The molecule has 0 unspecified atom stereocenters. The van der Waals surface area contributed by atoms with Crippen LogP contribution in [-0.4, -0.2) is 55.7 Å². The average Bonchev–Trinajstić information content (AvgIpc) is 3.38. The molecule has 3 fully saturated rings. The zero-order chi connectivity index (χ0) is 22.7. The Hall–Kier alpha value is -2.45. The number of carbonyl (C=O) groups excluding carboxylic acids is 1. The second-order valence-electron chi connectivity index (χ2n) is 9.26. The number of hydrogen-bond acceptors (Lipinski definition) is 7. The van der Waals surface area contributed by atoms with E-state index in [-0.39, 0.29) is 6.10 Å². The van der Waals surface area contributed by atoms with Crippen molar-refractivity contribution in [3.05, 3.63) is 53.8 Å². The maximum atomic E-state index is 13.0. The monoisotopic (exact) mass is 440 g/mol. The number of fused-ring (bicyclic) bond motifs is 2. The van der Waals surface area contributed by atoms with Crippen molar-refractivity contribution >= 4 is 22.3 Å². The van der Waals surface area contributed by atoms with Crippen LogP contribution in [0.25, 0.3) is 16.3 Å². The quantitative estimate of drug-likeness (QED) is 0.531. The minimum absolute atomic E-state index is 0.329. The molecule has 0 bridgehead atoms. The van der Waals surface area contributed by atoms with Gasteiger partial charge in [-0.1, -0.05) is 36.4 Å². The molecule has 170 valence electrons. The van der Waals surface area contributed by atoms with Crippen molar-refractivity contribution in [1.82, 2.24) is 0 Å². The molecule has 2 aromatic rings. The van der Waals surface area contributed by atoms with Gasteiger partial charge in [0.15, 0.2) is 17.7 Å². The van der Waals surface area contributed by atoms with E-state index >= 15 is 0 Å². The summed E-state index contributed by atoms with van der Waals surface area (Å²) in [7, 11) is 1.36. The van der Waals surface area contributed by atoms with E-state index in [0.717, 1.165) is 10.8 Å². The highest BCUT2D eigenvalue weighted by molar-refractivity contribution is 6.18. The molecule has 3 aliphatic heterocycles. The van der Waals surface area contributed by atoms with Gasteiger partial charge in [-0.05, 0) is 50.1 Å². The summed E-state index contributed by atoms with van der Waals surface area (Å²) < 4.78 is 35.8. The zero-order valence-corrected chi connectivity index (χ0v) is 18.9. The zero-order valence-electron chi connectivity index (χ0n) is 18.9. The Morgan fingerprint density at radius 1 is 0.938 bits per heavy atom. The molecular formula is C25H28O7. The Kier molecular flexibility index (Phi) is 5.05. The second-order valence-corrected chi connectivity index (χ2v) is 9.26. The number of ether oxygens (including phenoxy) is 6. The van der Waals surface area contributed by atoms with Crippen LogP contribution in [0.2, 0.25) is 0 Å². The molecule has 0 N–H and O–H groups in total. The van der Waals surface area contributed by atoms with Gasteiger partial charge in [0.1, 0.15) is 29.6 Å². The summed E-state index contributed by atoms with van der Waals surface area (Å²) >= 11 is 0. The van der Waals surface area contributed by atoms with Gasteiger partial charge in [0.2, 0.25) is 0 Å². The largest absolute Gasteiger partial charge is 0.485 e. The van der Waals surface area contributed by atoms with Gasteiger partial charge < -0.3 is 28.4 Å². The summed E-state index contributed by atoms with van der Waals surface area (Å²) in [5, 5.41) is 2.09. The SMILES string of the molecule is COC(=O)/C(=C1/O[C@@H]([C@H]2COC(C)(C)O2)[C@H]2OC(C)(C)O[C@@H]12)c1ccc2ccccc2c1. The third kappa shape index (κ3) is 3.69. The first-order chi connectivity index (χ1) is 15.2. The molecule has 2 aromatic carbocycles. The fraction of sp³-hybridized carbons (Fsp3) is 0.480. The van der Waals surface area contributed by atoms with Crippen molar-refractivity contribution in [1.29, 1.82) is 0 Å². The number of carbonyl (C=O) groups is 1. The topological polar surface area (TPSA) is 72.5 Å². The Bertz CT molecular complexity index is 1090. The van der Waals surface area contributed by atoms with Crippen LogP contribution in [-0.2, 0) is 33.2 Å². The molecule has 7 heteroatoms. The summed E-state index contributed by atoms with van der Waals surface area (Å²) in [5.74, 6) is -1.63. The Labute approximate surface area is 187 Å². The maximum absolute atomic E-state index is 13.0. The maximum Gasteiger partial charge on any atom is 0.342 e. The number of rotatable bonds is 3. The van der Waals surface area contributed by atoms with E-state index in [1.54, 1.807) is 0 Å². The fourth-order valence-corrected chi connectivity index (χ4v) is 4.69. The van der Waals surface area contributed by atoms with E-state index in [9.17, 15) is 4.79 Å². The predicted octanol–water partition coefficient (Wildman–Crippen LogP) is 3.79. The molecule has 3 heterocycles. The lowest BCUT2D eigenvalue weighted by molar-refractivity contribution is -0.187. The molecule has 4 atom stereocenters. The van der Waals surface area contributed by atoms with E-state index in [2.05, 4.69) is 0 Å². The summed E-state index contributed by atoms with van der Waals surface area (Å²) in [6.45, 7) is 7.79. The molecule has 0 aromatic heterocycles. The third-order valence-electron chi connectivity index (χ3n) is 6.05. The van der Waals surface area contributed by atoms with E-state index in [1.807, 2.05) is 70.2 Å². The highest BCUT2D eigenvalue weighted by Crippen LogP contribution is 2.46. The lowest BCUT2D eigenvalue weighted by Crippen LogP contribution is -2.40. The third-order valence-corrected chi connectivity index (χ3v) is 6.05. The second kappa shape index (κ2) is 7.56. The van der Waals surface area contributed by atoms with Gasteiger partial charge in [0, 0.05) is 0 Å². The Balaban J connectivity index is 1.61. The predicted molar refractivity (Wildman–Crippen MR) is 116 cm³/mol. The van der Waals surface area contributed by atoms with Crippen LogP contribution in [0.5, 0.6) is 0 Å². The smallest absolute Gasteiger partial charge is 0.342 e. The van der Waals surface area contributed by atoms with Crippen LogP contribution < -0.4 is 0 Å². The van der Waals surface area contributed by atoms with Gasteiger partial charge in [0.25, 0.3) is 0 Å². The molecule has 3 saturated heterocycles. The van der Waals surface area contributed by atoms with Crippen molar-refractivity contribution in [2.24, 2.45) is 0 Å². The van der Waals surface area contributed by atoms with Crippen LogP contribution >= 0.6 is 0 Å². The van der Waals surface area contributed by atoms with Crippen molar-refractivity contribution < 1.29 is 33.2 Å².